The molecule has 202 valence electrons. The SMILES string of the molecule is COc1ccc(-n2nc(C)c(-c3ccccc3)c2NC(=O)CN(C(=O)Nc2ccccc2OC)C(C)C)cc1. The van der Waals surface area contributed by atoms with E-state index in [2.05, 4.69) is 10.6 Å². The molecular formula is C30H33N5O4. The molecule has 0 saturated heterocycles. The largest absolute Gasteiger partial charge is 0.497 e. The number of ether oxygens (including phenoxy) is 2. The van der Waals surface area contributed by atoms with E-state index in [-0.39, 0.29) is 18.5 Å². The number of methoxy groups -OCH3 is 2. The number of hydrogen-bond acceptors (Lipinski definition) is 5. The van der Waals surface area contributed by atoms with Crippen molar-refractivity contribution in [2.24, 2.45) is 0 Å². The van der Waals surface area contributed by atoms with E-state index >= 15 is 0 Å². The summed E-state index contributed by atoms with van der Waals surface area (Å²) in [5.41, 5.74) is 3.75. The first kappa shape index (κ1) is 27.3. The lowest BCUT2D eigenvalue weighted by Crippen LogP contribution is -2.44. The van der Waals surface area contributed by atoms with Gasteiger partial charge in [-0.3, -0.25) is 4.79 Å². The van der Waals surface area contributed by atoms with Gasteiger partial charge in [-0.05, 0) is 62.7 Å². The first-order chi connectivity index (χ1) is 18.8. The predicted octanol–water partition coefficient (Wildman–Crippen LogP) is 5.75. The minimum Gasteiger partial charge on any atom is -0.497 e. The quantitative estimate of drug-likeness (QED) is 0.289. The number of benzene rings is 3. The van der Waals surface area contributed by atoms with Gasteiger partial charge in [-0.25, -0.2) is 9.48 Å². The molecule has 0 aliphatic rings. The normalized spacial score (nSPS) is 10.7. The number of urea groups is 1. The molecule has 0 spiro atoms. The molecular weight excluding hydrogens is 494 g/mol. The van der Waals surface area contributed by atoms with E-state index in [0.717, 1.165) is 22.5 Å². The second-order valence-corrected chi connectivity index (χ2v) is 9.19. The Morgan fingerprint density at radius 2 is 1.56 bits per heavy atom. The summed E-state index contributed by atoms with van der Waals surface area (Å²) in [7, 11) is 3.15. The Morgan fingerprint density at radius 1 is 0.897 bits per heavy atom. The van der Waals surface area contributed by atoms with E-state index in [1.807, 2.05) is 81.4 Å². The zero-order valence-corrected chi connectivity index (χ0v) is 22.8. The highest BCUT2D eigenvalue weighted by Gasteiger charge is 2.25. The zero-order valence-electron chi connectivity index (χ0n) is 22.8. The smallest absolute Gasteiger partial charge is 0.322 e. The summed E-state index contributed by atoms with van der Waals surface area (Å²) in [6.07, 6.45) is 0. The summed E-state index contributed by atoms with van der Waals surface area (Å²) < 4.78 is 12.3. The van der Waals surface area contributed by atoms with Crippen LogP contribution < -0.4 is 20.1 Å². The molecule has 3 amide bonds. The number of aromatic nitrogens is 2. The Bertz CT molecular complexity index is 1430. The third-order valence-electron chi connectivity index (χ3n) is 6.24. The van der Waals surface area contributed by atoms with E-state index < -0.39 is 6.03 Å². The molecule has 0 fully saturated rings. The van der Waals surface area contributed by atoms with Crippen molar-refractivity contribution in [1.29, 1.82) is 0 Å². The van der Waals surface area contributed by atoms with Crippen LogP contribution in [0.15, 0.2) is 78.9 Å². The van der Waals surface area contributed by atoms with Gasteiger partial charge in [0.15, 0.2) is 0 Å². The van der Waals surface area contributed by atoms with Crippen LogP contribution in [0.1, 0.15) is 19.5 Å². The zero-order chi connectivity index (χ0) is 27.9. The minimum absolute atomic E-state index is 0.167. The molecule has 0 atom stereocenters. The number of nitrogens with one attached hydrogen (secondary N) is 2. The molecule has 9 nitrogen and oxygen atoms in total. The third kappa shape index (κ3) is 6.20. The lowest BCUT2D eigenvalue weighted by atomic mass is 10.1. The van der Waals surface area contributed by atoms with Crippen LogP contribution in [0.2, 0.25) is 0 Å². The van der Waals surface area contributed by atoms with Gasteiger partial charge in [-0.15, -0.1) is 0 Å². The summed E-state index contributed by atoms with van der Waals surface area (Å²) >= 11 is 0. The molecule has 1 heterocycles. The van der Waals surface area contributed by atoms with Crippen molar-refractivity contribution in [3.63, 3.8) is 0 Å². The number of amides is 3. The summed E-state index contributed by atoms with van der Waals surface area (Å²) in [6, 6.07) is 23.7. The molecule has 4 rings (SSSR count). The molecule has 3 aromatic carbocycles. The summed E-state index contributed by atoms with van der Waals surface area (Å²) in [6.45, 7) is 5.45. The van der Waals surface area contributed by atoms with E-state index in [0.29, 0.717) is 23.0 Å². The Hall–Kier alpha value is -4.79. The van der Waals surface area contributed by atoms with Crippen LogP contribution in [0.3, 0.4) is 0 Å². The van der Waals surface area contributed by atoms with Crippen LogP contribution in [0.4, 0.5) is 16.3 Å². The van der Waals surface area contributed by atoms with Crippen molar-refractivity contribution in [1.82, 2.24) is 14.7 Å². The van der Waals surface area contributed by atoms with Crippen molar-refractivity contribution in [2.75, 3.05) is 31.4 Å². The molecule has 39 heavy (non-hydrogen) atoms. The van der Waals surface area contributed by atoms with Crippen LogP contribution in [0.5, 0.6) is 11.5 Å². The van der Waals surface area contributed by atoms with Crippen LogP contribution in [0.25, 0.3) is 16.8 Å². The fourth-order valence-electron chi connectivity index (χ4n) is 4.25. The number of aryl methyl sites for hydroxylation is 1. The van der Waals surface area contributed by atoms with Crippen molar-refractivity contribution in [2.45, 2.75) is 26.8 Å². The van der Waals surface area contributed by atoms with Gasteiger partial charge in [-0.1, -0.05) is 42.5 Å². The molecule has 1 aromatic heterocycles. The summed E-state index contributed by atoms with van der Waals surface area (Å²) in [4.78, 5) is 28.1. The monoisotopic (exact) mass is 527 g/mol. The number of carbonyl (C=O) groups is 2. The minimum atomic E-state index is -0.409. The fraction of sp³-hybridized carbons (Fsp3) is 0.233. The molecule has 9 heteroatoms. The average Bonchev–Trinajstić information content (AvgIpc) is 3.27. The Morgan fingerprint density at radius 3 is 2.21 bits per heavy atom. The van der Waals surface area contributed by atoms with Gasteiger partial charge in [0, 0.05) is 11.6 Å². The number of hydrogen-bond donors (Lipinski definition) is 2. The van der Waals surface area contributed by atoms with E-state index in [9.17, 15) is 9.59 Å². The molecule has 2 N–H and O–H groups in total. The topological polar surface area (TPSA) is 97.7 Å². The molecule has 0 aliphatic heterocycles. The number of anilines is 2. The molecule has 0 bridgehead atoms. The first-order valence-electron chi connectivity index (χ1n) is 12.6. The highest BCUT2D eigenvalue weighted by Crippen LogP contribution is 2.34. The Balaban J connectivity index is 1.64. The predicted molar refractivity (Wildman–Crippen MR) is 153 cm³/mol. The number of rotatable bonds is 9. The van der Waals surface area contributed by atoms with Crippen molar-refractivity contribution >= 4 is 23.4 Å². The lowest BCUT2D eigenvalue weighted by Gasteiger charge is -2.27. The van der Waals surface area contributed by atoms with Gasteiger partial charge >= 0.3 is 6.03 Å². The maximum absolute atomic E-state index is 13.5. The number of nitrogens with zero attached hydrogens (tertiary/aromatic N) is 3. The van der Waals surface area contributed by atoms with Crippen LogP contribution in [-0.4, -0.2) is 53.4 Å². The van der Waals surface area contributed by atoms with Gasteiger partial charge in [0.1, 0.15) is 23.9 Å². The highest BCUT2D eigenvalue weighted by molar-refractivity contribution is 5.99. The highest BCUT2D eigenvalue weighted by atomic mass is 16.5. The van der Waals surface area contributed by atoms with Gasteiger partial charge in [0.2, 0.25) is 5.91 Å². The van der Waals surface area contributed by atoms with Crippen molar-refractivity contribution in [3.05, 3.63) is 84.6 Å². The number of para-hydroxylation sites is 2. The van der Waals surface area contributed by atoms with Crippen molar-refractivity contribution in [3.8, 4) is 28.3 Å². The van der Waals surface area contributed by atoms with Crippen LogP contribution >= 0.6 is 0 Å². The van der Waals surface area contributed by atoms with Gasteiger partial charge in [-0.2, -0.15) is 5.10 Å². The van der Waals surface area contributed by atoms with Crippen LogP contribution in [0, 0.1) is 6.92 Å². The Kier molecular flexibility index (Phi) is 8.50. The average molecular weight is 528 g/mol. The summed E-state index contributed by atoms with van der Waals surface area (Å²) in [5.74, 6) is 1.41. The first-order valence-corrected chi connectivity index (χ1v) is 12.6. The number of carbonyl (C=O) groups excluding carboxylic acids is 2. The molecule has 4 aromatic rings. The second kappa shape index (κ2) is 12.2. The van der Waals surface area contributed by atoms with E-state index in [1.54, 1.807) is 30.0 Å². The van der Waals surface area contributed by atoms with E-state index in [1.165, 1.54) is 12.0 Å². The lowest BCUT2D eigenvalue weighted by molar-refractivity contribution is -0.117. The maximum atomic E-state index is 13.5. The third-order valence-corrected chi connectivity index (χ3v) is 6.24. The second-order valence-electron chi connectivity index (χ2n) is 9.19. The van der Waals surface area contributed by atoms with Gasteiger partial charge < -0.3 is 25.0 Å². The molecule has 0 radical (unpaired) electrons. The van der Waals surface area contributed by atoms with E-state index in [4.69, 9.17) is 14.6 Å². The maximum Gasteiger partial charge on any atom is 0.322 e. The Labute approximate surface area is 228 Å². The summed E-state index contributed by atoms with van der Waals surface area (Å²) in [5, 5.41) is 10.6. The molecule has 0 saturated carbocycles. The molecule has 0 aliphatic carbocycles. The molecule has 0 unspecified atom stereocenters. The van der Waals surface area contributed by atoms with Gasteiger partial charge in [0.25, 0.3) is 0 Å². The van der Waals surface area contributed by atoms with Crippen LogP contribution in [-0.2, 0) is 4.79 Å². The fourth-order valence-corrected chi connectivity index (χ4v) is 4.25. The van der Waals surface area contributed by atoms with Crippen molar-refractivity contribution < 1.29 is 19.1 Å². The standard InChI is InChI=1S/C30H33N5O4/c1-20(2)34(30(37)31-25-13-9-10-14-26(25)39-5)19-27(36)32-29-28(22-11-7-6-8-12-22)21(3)33-35(29)23-15-17-24(38-4)18-16-23/h6-18,20H,19H2,1-5H3,(H,31,37)(H,32,36). The van der Waals surface area contributed by atoms with Gasteiger partial charge in [0.05, 0.1) is 31.3 Å².